The van der Waals surface area contributed by atoms with Crippen molar-refractivity contribution < 1.29 is 14.3 Å². The molecule has 0 saturated heterocycles. The number of carbonyl (C=O) groups excluding carboxylic acids is 1. The fourth-order valence-electron chi connectivity index (χ4n) is 2.22. The first-order valence-corrected chi connectivity index (χ1v) is 6.54. The molecule has 2 heterocycles. The average Bonchev–Trinajstić information content (AvgIpc) is 2.93. The van der Waals surface area contributed by atoms with E-state index < -0.39 is 0 Å². The molecular weight excluding hydrogens is 258 g/mol. The third-order valence-electron chi connectivity index (χ3n) is 3.17. The highest BCUT2D eigenvalue weighted by molar-refractivity contribution is 6.08. The highest BCUT2D eigenvalue weighted by Gasteiger charge is 2.28. The number of ether oxygens (including phenoxy) is 2. The van der Waals surface area contributed by atoms with E-state index in [1.165, 1.54) is 0 Å². The minimum atomic E-state index is -0.312. The molecule has 1 aromatic heterocycles. The Hall–Kier alpha value is -2.05. The molecular formula is C14H15N3O3. The Bertz CT molecular complexity index is 609. The molecule has 1 atom stereocenters. The Morgan fingerprint density at radius 1 is 1.45 bits per heavy atom. The number of hydrogen-bond acceptors (Lipinski definition) is 5. The SMILES string of the molecule is CCOC1COCc2c(C(=O)c3ccccc3)nnn21. The number of nitrogens with zero attached hydrogens (tertiary/aromatic N) is 3. The third-order valence-corrected chi connectivity index (χ3v) is 3.17. The summed E-state index contributed by atoms with van der Waals surface area (Å²) in [6.45, 7) is 3.20. The molecule has 0 spiro atoms. The summed E-state index contributed by atoms with van der Waals surface area (Å²) >= 11 is 0. The van der Waals surface area contributed by atoms with Gasteiger partial charge in [-0.3, -0.25) is 4.79 Å². The molecule has 1 aliphatic heterocycles. The zero-order valence-electron chi connectivity index (χ0n) is 11.2. The maximum absolute atomic E-state index is 12.4. The second kappa shape index (κ2) is 5.52. The van der Waals surface area contributed by atoms with Crippen LogP contribution in [0.25, 0.3) is 0 Å². The van der Waals surface area contributed by atoms with Gasteiger partial charge < -0.3 is 9.47 Å². The minimum Gasteiger partial charge on any atom is -0.370 e. The number of fused-ring (bicyclic) bond motifs is 1. The van der Waals surface area contributed by atoms with Crippen LogP contribution in [-0.4, -0.2) is 34.0 Å². The van der Waals surface area contributed by atoms with Crippen molar-refractivity contribution in [1.29, 1.82) is 0 Å². The van der Waals surface area contributed by atoms with Crippen molar-refractivity contribution in [3.63, 3.8) is 0 Å². The Morgan fingerprint density at radius 2 is 2.25 bits per heavy atom. The smallest absolute Gasteiger partial charge is 0.215 e. The molecule has 0 fully saturated rings. The van der Waals surface area contributed by atoms with Crippen molar-refractivity contribution >= 4 is 5.78 Å². The monoisotopic (exact) mass is 273 g/mol. The zero-order valence-corrected chi connectivity index (χ0v) is 11.2. The maximum atomic E-state index is 12.4. The van der Waals surface area contributed by atoms with Crippen LogP contribution < -0.4 is 0 Å². The van der Waals surface area contributed by atoms with E-state index in [0.717, 1.165) is 0 Å². The summed E-state index contributed by atoms with van der Waals surface area (Å²) < 4.78 is 12.6. The first-order chi connectivity index (χ1) is 9.81. The van der Waals surface area contributed by atoms with Crippen LogP contribution in [0.5, 0.6) is 0 Å². The Balaban J connectivity index is 1.95. The van der Waals surface area contributed by atoms with E-state index in [-0.39, 0.29) is 12.0 Å². The quantitative estimate of drug-likeness (QED) is 0.791. The van der Waals surface area contributed by atoms with Gasteiger partial charge in [-0.1, -0.05) is 35.5 Å². The van der Waals surface area contributed by atoms with E-state index in [4.69, 9.17) is 9.47 Å². The van der Waals surface area contributed by atoms with Crippen LogP contribution in [0.1, 0.15) is 34.9 Å². The van der Waals surface area contributed by atoms with Gasteiger partial charge in [-0.2, -0.15) is 0 Å². The first kappa shape index (κ1) is 13.0. The van der Waals surface area contributed by atoms with Crippen LogP contribution in [0.4, 0.5) is 0 Å². The van der Waals surface area contributed by atoms with Crippen molar-refractivity contribution in [1.82, 2.24) is 15.0 Å². The summed E-state index contributed by atoms with van der Waals surface area (Å²) in [7, 11) is 0. The molecule has 2 aromatic rings. The molecule has 0 N–H and O–H groups in total. The van der Waals surface area contributed by atoms with Crippen molar-refractivity contribution in [2.24, 2.45) is 0 Å². The molecule has 3 rings (SSSR count). The molecule has 1 aliphatic rings. The highest BCUT2D eigenvalue weighted by Crippen LogP contribution is 2.22. The van der Waals surface area contributed by atoms with E-state index in [9.17, 15) is 4.79 Å². The fourth-order valence-corrected chi connectivity index (χ4v) is 2.22. The molecule has 1 unspecified atom stereocenters. The molecule has 0 radical (unpaired) electrons. The van der Waals surface area contributed by atoms with Crippen LogP contribution in [0.3, 0.4) is 0 Å². The average molecular weight is 273 g/mol. The third kappa shape index (κ3) is 2.23. The van der Waals surface area contributed by atoms with E-state index in [1.807, 2.05) is 25.1 Å². The Labute approximate surface area is 116 Å². The van der Waals surface area contributed by atoms with Crippen molar-refractivity contribution in [3.05, 3.63) is 47.3 Å². The van der Waals surface area contributed by atoms with Crippen LogP contribution >= 0.6 is 0 Å². The molecule has 6 nitrogen and oxygen atoms in total. The van der Waals surface area contributed by atoms with Gasteiger partial charge in [0, 0.05) is 12.2 Å². The summed E-state index contributed by atoms with van der Waals surface area (Å²) in [5.41, 5.74) is 1.60. The van der Waals surface area contributed by atoms with Crippen LogP contribution in [0.2, 0.25) is 0 Å². The number of ketones is 1. The first-order valence-electron chi connectivity index (χ1n) is 6.54. The van der Waals surface area contributed by atoms with Crippen LogP contribution in [0, 0.1) is 0 Å². The summed E-state index contributed by atoms with van der Waals surface area (Å²) in [5, 5.41) is 8.05. The molecule has 0 amide bonds. The number of rotatable bonds is 4. The second-order valence-electron chi connectivity index (χ2n) is 4.45. The van der Waals surface area contributed by atoms with E-state index in [1.54, 1.807) is 16.8 Å². The summed E-state index contributed by atoms with van der Waals surface area (Å²) in [6.07, 6.45) is -0.312. The zero-order chi connectivity index (χ0) is 13.9. The van der Waals surface area contributed by atoms with Crippen molar-refractivity contribution in [2.45, 2.75) is 19.8 Å². The minimum absolute atomic E-state index is 0.146. The largest absolute Gasteiger partial charge is 0.370 e. The number of hydrogen-bond donors (Lipinski definition) is 0. The van der Waals surface area contributed by atoms with Gasteiger partial charge in [0.15, 0.2) is 11.9 Å². The summed E-state index contributed by atoms with van der Waals surface area (Å²) in [5.74, 6) is -0.146. The van der Waals surface area contributed by atoms with E-state index in [0.29, 0.717) is 36.8 Å². The lowest BCUT2D eigenvalue weighted by atomic mass is 10.1. The molecule has 20 heavy (non-hydrogen) atoms. The van der Waals surface area contributed by atoms with Gasteiger partial charge >= 0.3 is 0 Å². The number of benzene rings is 1. The Kier molecular flexibility index (Phi) is 3.58. The van der Waals surface area contributed by atoms with Crippen molar-refractivity contribution in [3.8, 4) is 0 Å². The van der Waals surface area contributed by atoms with Gasteiger partial charge in [0.1, 0.15) is 0 Å². The lowest BCUT2D eigenvalue weighted by molar-refractivity contribution is -0.0885. The van der Waals surface area contributed by atoms with Crippen LogP contribution in [0.15, 0.2) is 30.3 Å². The standard InChI is InChI=1S/C14H15N3O3/c1-2-20-12-9-19-8-11-13(15-16-17(11)12)14(18)10-6-4-3-5-7-10/h3-7,12H,2,8-9H2,1H3. The normalized spacial score (nSPS) is 17.8. The molecule has 0 bridgehead atoms. The van der Waals surface area contributed by atoms with Crippen LogP contribution in [-0.2, 0) is 16.1 Å². The summed E-state index contributed by atoms with van der Waals surface area (Å²) in [6, 6.07) is 9.03. The van der Waals surface area contributed by atoms with Gasteiger partial charge in [-0.25, -0.2) is 4.68 Å². The predicted octanol–water partition coefficient (Wildman–Crippen LogP) is 1.57. The highest BCUT2D eigenvalue weighted by atomic mass is 16.5. The van der Waals surface area contributed by atoms with Gasteiger partial charge in [0.25, 0.3) is 0 Å². The maximum Gasteiger partial charge on any atom is 0.215 e. The summed E-state index contributed by atoms with van der Waals surface area (Å²) in [4.78, 5) is 12.4. The van der Waals surface area contributed by atoms with Gasteiger partial charge in [0.2, 0.25) is 5.78 Å². The topological polar surface area (TPSA) is 66.2 Å². The van der Waals surface area contributed by atoms with Gasteiger partial charge in [-0.05, 0) is 6.92 Å². The van der Waals surface area contributed by atoms with E-state index >= 15 is 0 Å². The van der Waals surface area contributed by atoms with Gasteiger partial charge in [0.05, 0.1) is 18.9 Å². The lowest BCUT2D eigenvalue weighted by Gasteiger charge is -2.23. The van der Waals surface area contributed by atoms with Crippen molar-refractivity contribution in [2.75, 3.05) is 13.2 Å². The molecule has 0 saturated carbocycles. The van der Waals surface area contributed by atoms with E-state index in [2.05, 4.69) is 10.3 Å². The predicted molar refractivity (Wildman–Crippen MR) is 70.2 cm³/mol. The lowest BCUT2D eigenvalue weighted by Crippen LogP contribution is -2.27. The Morgan fingerprint density at radius 3 is 3.00 bits per heavy atom. The second-order valence-corrected chi connectivity index (χ2v) is 4.45. The molecule has 0 aliphatic carbocycles. The fraction of sp³-hybridized carbons (Fsp3) is 0.357. The molecule has 104 valence electrons. The van der Waals surface area contributed by atoms with Gasteiger partial charge in [-0.15, -0.1) is 5.10 Å². The molecule has 1 aromatic carbocycles. The number of aromatic nitrogens is 3. The molecule has 6 heteroatoms. The number of carbonyl (C=O) groups is 1.